The van der Waals surface area contributed by atoms with Crippen LogP contribution in [0.3, 0.4) is 0 Å². The molecule has 2 aromatic heterocycles. The van der Waals surface area contributed by atoms with Gasteiger partial charge in [0.15, 0.2) is 0 Å². The molecule has 0 unspecified atom stereocenters. The van der Waals surface area contributed by atoms with E-state index in [2.05, 4.69) is 26.9 Å². The van der Waals surface area contributed by atoms with Crippen LogP contribution in [0.2, 0.25) is 5.28 Å². The third-order valence-corrected chi connectivity index (χ3v) is 2.96. The lowest BCUT2D eigenvalue weighted by molar-refractivity contribution is 0.280. The molecule has 2 rings (SSSR count). The summed E-state index contributed by atoms with van der Waals surface area (Å²) in [5, 5.41) is 0.115. The van der Waals surface area contributed by atoms with Gasteiger partial charge < -0.3 is 4.74 Å². The zero-order valence-electron chi connectivity index (χ0n) is 11.5. The Hall–Kier alpha value is -1.69. The van der Waals surface area contributed by atoms with Gasteiger partial charge in [-0.2, -0.15) is 15.0 Å². The Kier molecular flexibility index (Phi) is 5.73. The van der Waals surface area contributed by atoms with Gasteiger partial charge in [0.25, 0.3) is 0 Å². The van der Waals surface area contributed by atoms with E-state index in [1.165, 1.54) is 19.3 Å². The summed E-state index contributed by atoms with van der Waals surface area (Å²) in [4.78, 5) is 16.1. The average molecular weight is 296 g/mol. The molecule has 0 bridgehead atoms. The molecule has 0 amide bonds. The standard InChI is InChI=1S/C13H18ClN5O/c1-2-3-4-5-6-9-20-13-17-11(14)16-12(18-13)19-8-7-15-10-19/h7-8,10H,2-6,9H2,1H3. The predicted molar refractivity (Wildman–Crippen MR) is 76.2 cm³/mol. The molecule has 0 spiro atoms. The van der Waals surface area contributed by atoms with Gasteiger partial charge in [-0.3, -0.25) is 4.57 Å². The Morgan fingerprint density at radius 1 is 1.15 bits per heavy atom. The molecule has 0 atom stereocenters. The molecule has 0 aromatic carbocycles. The maximum Gasteiger partial charge on any atom is 0.322 e. The van der Waals surface area contributed by atoms with Gasteiger partial charge in [0.05, 0.1) is 6.61 Å². The second-order valence-electron chi connectivity index (χ2n) is 4.42. The molecule has 0 radical (unpaired) electrons. The zero-order chi connectivity index (χ0) is 14.2. The molecule has 108 valence electrons. The van der Waals surface area contributed by atoms with Crippen molar-refractivity contribution in [1.82, 2.24) is 24.5 Å². The van der Waals surface area contributed by atoms with E-state index < -0.39 is 0 Å². The number of hydrogen-bond donors (Lipinski definition) is 0. The van der Waals surface area contributed by atoms with Gasteiger partial charge in [0, 0.05) is 12.4 Å². The minimum atomic E-state index is 0.115. The quantitative estimate of drug-likeness (QED) is 0.700. The first-order chi connectivity index (χ1) is 9.79. The number of aromatic nitrogens is 5. The number of nitrogens with zero attached hydrogens (tertiary/aromatic N) is 5. The van der Waals surface area contributed by atoms with Crippen LogP contribution < -0.4 is 4.74 Å². The van der Waals surface area contributed by atoms with Crippen molar-refractivity contribution in [1.29, 1.82) is 0 Å². The van der Waals surface area contributed by atoms with E-state index in [9.17, 15) is 0 Å². The van der Waals surface area contributed by atoms with Crippen LogP contribution in [0.15, 0.2) is 18.7 Å². The van der Waals surface area contributed by atoms with Crippen molar-refractivity contribution in [2.45, 2.75) is 39.0 Å². The molecule has 0 fully saturated rings. The summed E-state index contributed by atoms with van der Waals surface area (Å²) in [6.07, 6.45) is 10.9. The molecule has 20 heavy (non-hydrogen) atoms. The first kappa shape index (κ1) is 14.7. The molecule has 0 aliphatic rings. The molecule has 6 nitrogen and oxygen atoms in total. The summed E-state index contributed by atoms with van der Waals surface area (Å²) >= 11 is 5.87. The Bertz CT molecular complexity index is 517. The van der Waals surface area contributed by atoms with Gasteiger partial charge in [-0.25, -0.2) is 4.98 Å². The monoisotopic (exact) mass is 295 g/mol. The predicted octanol–water partition coefficient (Wildman–Crippen LogP) is 3.06. The van der Waals surface area contributed by atoms with Crippen LogP contribution in [0.1, 0.15) is 39.0 Å². The summed E-state index contributed by atoms with van der Waals surface area (Å²) in [5.74, 6) is 0.406. The fourth-order valence-corrected chi connectivity index (χ4v) is 1.90. The van der Waals surface area contributed by atoms with Crippen LogP contribution in [0.4, 0.5) is 0 Å². The highest BCUT2D eigenvalue weighted by atomic mass is 35.5. The summed E-state index contributed by atoms with van der Waals surface area (Å²) in [7, 11) is 0. The summed E-state index contributed by atoms with van der Waals surface area (Å²) in [6.45, 7) is 2.79. The van der Waals surface area contributed by atoms with Gasteiger partial charge in [0.2, 0.25) is 11.2 Å². The number of ether oxygens (including phenoxy) is 1. The van der Waals surface area contributed by atoms with Gasteiger partial charge >= 0.3 is 6.01 Å². The Morgan fingerprint density at radius 3 is 2.75 bits per heavy atom. The van der Waals surface area contributed by atoms with Crippen LogP contribution in [-0.4, -0.2) is 31.1 Å². The smallest absolute Gasteiger partial charge is 0.322 e. The van der Waals surface area contributed by atoms with Crippen LogP contribution in [0, 0.1) is 0 Å². The lowest BCUT2D eigenvalue weighted by Gasteiger charge is -2.06. The highest BCUT2D eigenvalue weighted by molar-refractivity contribution is 6.28. The molecule has 2 heterocycles. The maximum absolute atomic E-state index is 5.87. The summed E-state index contributed by atoms with van der Waals surface area (Å²) in [6, 6.07) is 0.254. The fourth-order valence-electron chi connectivity index (χ4n) is 1.75. The van der Waals surface area contributed by atoms with Gasteiger partial charge in [-0.05, 0) is 18.0 Å². The van der Waals surface area contributed by atoms with E-state index in [4.69, 9.17) is 16.3 Å². The Labute approximate surface area is 123 Å². The van der Waals surface area contributed by atoms with E-state index in [0.717, 1.165) is 12.8 Å². The highest BCUT2D eigenvalue weighted by Crippen LogP contribution is 2.12. The summed E-state index contributed by atoms with van der Waals surface area (Å²) < 4.78 is 7.18. The first-order valence-corrected chi connectivity index (χ1v) is 7.20. The summed E-state index contributed by atoms with van der Waals surface area (Å²) in [5.41, 5.74) is 0. The largest absolute Gasteiger partial charge is 0.463 e. The van der Waals surface area contributed by atoms with Crippen LogP contribution >= 0.6 is 11.6 Å². The lowest BCUT2D eigenvalue weighted by atomic mass is 10.2. The van der Waals surface area contributed by atoms with Crippen LogP contribution in [0.5, 0.6) is 6.01 Å². The molecule has 0 saturated carbocycles. The lowest BCUT2D eigenvalue weighted by Crippen LogP contribution is -2.06. The maximum atomic E-state index is 5.87. The number of halogens is 1. The molecule has 0 aliphatic heterocycles. The van der Waals surface area contributed by atoms with Crippen molar-refractivity contribution in [2.24, 2.45) is 0 Å². The minimum Gasteiger partial charge on any atom is -0.463 e. The van der Waals surface area contributed by atoms with Crippen molar-refractivity contribution in [3.05, 3.63) is 24.0 Å². The zero-order valence-corrected chi connectivity index (χ0v) is 12.3. The van der Waals surface area contributed by atoms with Gasteiger partial charge in [-0.15, -0.1) is 0 Å². The minimum absolute atomic E-state index is 0.115. The third-order valence-electron chi connectivity index (χ3n) is 2.79. The topological polar surface area (TPSA) is 65.7 Å². The number of unbranched alkanes of at least 4 members (excludes halogenated alkanes) is 4. The normalized spacial score (nSPS) is 10.7. The molecule has 7 heteroatoms. The average Bonchev–Trinajstić information content (AvgIpc) is 2.96. The second kappa shape index (κ2) is 7.79. The third kappa shape index (κ3) is 4.45. The van der Waals surface area contributed by atoms with Crippen molar-refractivity contribution in [2.75, 3.05) is 6.61 Å². The van der Waals surface area contributed by atoms with E-state index in [0.29, 0.717) is 12.6 Å². The fraction of sp³-hybridized carbons (Fsp3) is 0.538. The molecule has 0 N–H and O–H groups in total. The van der Waals surface area contributed by atoms with Crippen molar-refractivity contribution in [3.8, 4) is 12.0 Å². The number of imidazole rings is 1. The number of hydrogen-bond acceptors (Lipinski definition) is 5. The first-order valence-electron chi connectivity index (χ1n) is 6.82. The second-order valence-corrected chi connectivity index (χ2v) is 4.76. The van der Waals surface area contributed by atoms with Gasteiger partial charge in [0.1, 0.15) is 6.33 Å². The van der Waals surface area contributed by atoms with E-state index in [-0.39, 0.29) is 11.3 Å². The molecule has 0 aliphatic carbocycles. The van der Waals surface area contributed by atoms with E-state index in [1.807, 2.05) is 0 Å². The van der Waals surface area contributed by atoms with Crippen molar-refractivity contribution < 1.29 is 4.74 Å². The van der Waals surface area contributed by atoms with E-state index >= 15 is 0 Å². The van der Waals surface area contributed by atoms with E-state index in [1.54, 1.807) is 23.3 Å². The molecule has 0 saturated heterocycles. The van der Waals surface area contributed by atoms with Crippen LogP contribution in [0.25, 0.3) is 5.95 Å². The molecular weight excluding hydrogens is 278 g/mol. The van der Waals surface area contributed by atoms with Crippen LogP contribution in [-0.2, 0) is 0 Å². The van der Waals surface area contributed by atoms with Crippen molar-refractivity contribution in [3.63, 3.8) is 0 Å². The highest BCUT2D eigenvalue weighted by Gasteiger charge is 2.07. The molecule has 2 aromatic rings. The SMILES string of the molecule is CCCCCCCOc1nc(Cl)nc(-n2ccnc2)n1. The van der Waals surface area contributed by atoms with Crippen molar-refractivity contribution >= 4 is 11.6 Å². The van der Waals surface area contributed by atoms with Gasteiger partial charge in [-0.1, -0.05) is 32.6 Å². The Morgan fingerprint density at radius 2 is 2.00 bits per heavy atom. The Balaban J connectivity index is 1.88. The number of rotatable bonds is 8. The molecular formula is C13H18ClN5O.